The smallest absolute Gasteiger partial charge is 0.317 e. The molecule has 0 amide bonds. The summed E-state index contributed by atoms with van der Waals surface area (Å²) in [5.74, 6) is 0. The monoisotopic (exact) mass is 254 g/mol. The molecule has 0 aromatic rings. The fourth-order valence-electron chi connectivity index (χ4n) is 1.89. The van der Waals surface area contributed by atoms with E-state index in [1.54, 1.807) is 0 Å². The van der Waals surface area contributed by atoms with E-state index in [9.17, 15) is 13.2 Å². The van der Waals surface area contributed by atoms with Gasteiger partial charge in [-0.25, -0.2) is 0 Å². The van der Waals surface area contributed by atoms with E-state index in [0.717, 1.165) is 6.42 Å². The van der Waals surface area contributed by atoms with Gasteiger partial charge in [-0.3, -0.25) is 4.90 Å². The van der Waals surface area contributed by atoms with Crippen LogP contribution >= 0.6 is 0 Å². The topological polar surface area (TPSA) is 15.3 Å². The van der Waals surface area contributed by atoms with Gasteiger partial charge in [0.1, 0.15) is 0 Å². The Kier molecular flexibility index (Phi) is 6.48. The maximum Gasteiger partial charge on any atom is 0.401 e. The summed E-state index contributed by atoms with van der Waals surface area (Å²) >= 11 is 0. The number of hydrogen-bond donors (Lipinski definition) is 1. The highest BCUT2D eigenvalue weighted by Crippen LogP contribution is 2.24. The van der Waals surface area contributed by atoms with Gasteiger partial charge < -0.3 is 5.32 Å². The first-order chi connectivity index (χ1) is 7.62. The predicted molar refractivity (Wildman–Crippen MR) is 65.1 cm³/mol. The first-order valence-corrected chi connectivity index (χ1v) is 6.08. The molecule has 0 saturated carbocycles. The molecule has 0 aliphatic rings. The number of hydrogen-bond acceptors (Lipinski definition) is 2. The number of nitrogens with zero attached hydrogens (tertiary/aromatic N) is 1. The van der Waals surface area contributed by atoms with Gasteiger partial charge in [-0.2, -0.15) is 13.2 Å². The second-order valence-corrected chi connectivity index (χ2v) is 5.32. The quantitative estimate of drug-likeness (QED) is 0.751. The van der Waals surface area contributed by atoms with Crippen molar-refractivity contribution in [1.82, 2.24) is 10.2 Å². The molecule has 1 N–H and O–H groups in total. The summed E-state index contributed by atoms with van der Waals surface area (Å²) < 4.78 is 37.3. The summed E-state index contributed by atoms with van der Waals surface area (Å²) in [5, 5.41) is 3.11. The van der Waals surface area contributed by atoms with E-state index in [-0.39, 0.29) is 11.5 Å². The van der Waals surface area contributed by atoms with E-state index in [2.05, 4.69) is 5.32 Å². The summed E-state index contributed by atoms with van der Waals surface area (Å²) in [6.07, 6.45) is -3.38. The average Bonchev–Trinajstić information content (AvgIpc) is 2.13. The molecule has 0 heterocycles. The van der Waals surface area contributed by atoms with E-state index in [1.165, 1.54) is 4.90 Å². The lowest BCUT2D eigenvalue weighted by Gasteiger charge is -2.37. The molecule has 0 spiro atoms. The molecule has 0 fully saturated rings. The van der Waals surface area contributed by atoms with Crippen LogP contribution in [0.3, 0.4) is 0 Å². The van der Waals surface area contributed by atoms with Gasteiger partial charge in [-0.1, -0.05) is 20.8 Å². The number of rotatable bonds is 7. The van der Waals surface area contributed by atoms with Crippen LogP contribution in [0.15, 0.2) is 0 Å². The summed E-state index contributed by atoms with van der Waals surface area (Å²) in [7, 11) is 1.83. The Morgan fingerprint density at radius 2 is 1.71 bits per heavy atom. The summed E-state index contributed by atoms with van der Waals surface area (Å²) in [5.41, 5.74) is -0.185. The molecule has 0 aliphatic carbocycles. The molecular formula is C12H25F3N2. The second kappa shape index (κ2) is 6.59. The number of alkyl halides is 3. The molecule has 2 nitrogen and oxygen atoms in total. The lowest BCUT2D eigenvalue weighted by atomic mass is 9.85. The summed E-state index contributed by atoms with van der Waals surface area (Å²) in [4.78, 5) is 1.49. The Morgan fingerprint density at radius 3 is 2.06 bits per heavy atom. The summed E-state index contributed by atoms with van der Waals surface area (Å²) in [6, 6.07) is 0.176. The summed E-state index contributed by atoms with van der Waals surface area (Å²) in [6.45, 7) is 8.00. The van der Waals surface area contributed by atoms with Crippen molar-refractivity contribution in [2.45, 2.75) is 46.3 Å². The zero-order valence-electron chi connectivity index (χ0n) is 11.5. The number of halogens is 3. The van der Waals surface area contributed by atoms with Crippen LogP contribution in [0.4, 0.5) is 13.2 Å². The van der Waals surface area contributed by atoms with Crippen molar-refractivity contribution in [3.05, 3.63) is 0 Å². The van der Waals surface area contributed by atoms with E-state index in [1.807, 2.05) is 34.7 Å². The van der Waals surface area contributed by atoms with Gasteiger partial charge in [0.05, 0.1) is 6.54 Å². The van der Waals surface area contributed by atoms with Crippen LogP contribution in [0.1, 0.15) is 34.1 Å². The van der Waals surface area contributed by atoms with Gasteiger partial charge in [0.2, 0.25) is 0 Å². The Bertz CT molecular complexity index is 214. The molecule has 0 aliphatic heterocycles. The first kappa shape index (κ1) is 16.7. The molecule has 0 rings (SSSR count). The third-order valence-corrected chi connectivity index (χ3v) is 3.18. The van der Waals surface area contributed by atoms with Crippen molar-refractivity contribution < 1.29 is 13.2 Å². The van der Waals surface area contributed by atoms with Crippen LogP contribution in [-0.2, 0) is 0 Å². The number of nitrogens with one attached hydrogen (secondary N) is 1. The van der Waals surface area contributed by atoms with Gasteiger partial charge in [0.15, 0.2) is 0 Å². The van der Waals surface area contributed by atoms with Crippen LogP contribution in [-0.4, -0.2) is 43.8 Å². The van der Waals surface area contributed by atoms with E-state index < -0.39 is 12.7 Å². The molecule has 0 bridgehead atoms. The van der Waals surface area contributed by atoms with E-state index >= 15 is 0 Å². The molecule has 104 valence electrons. The molecule has 17 heavy (non-hydrogen) atoms. The van der Waals surface area contributed by atoms with Crippen LogP contribution < -0.4 is 5.32 Å². The van der Waals surface area contributed by atoms with Crippen molar-refractivity contribution >= 4 is 0 Å². The van der Waals surface area contributed by atoms with Gasteiger partial charge >= 0.3 is 6.18 Å². The van der Waals surface area contributed by atoms with Gasteiger partial charge in [-0.05, 0) is 32.4 Å². The SMILES string of the molecule is CCCN(CC(F)(F)F)CC(C)(C)C(C)NC. The maximum absolute atomic E-state index is 12.4. The van der Waals surface area contributed by atoms with Crippen molar-refractivity contribution in [3.63, 3.8) is 0 Å². The van der Waals surface area contributed by atoms with Gasteiger partial charge in [-0.15, -0.1) is 0 Å². The van der Waals surface area contributed by atoms with Gasteiger partial charge in [0, 0.05) is 12.6 Å². The van der Waals surface area contributed by atoms with Crippen molar-refractivity contribution in [3.8, 4) is 0 Å². The largest absolute Gasteiger partial charge is 0.401 e. The van der Waals surface area contributed by atoms with Crippen molar-refractivity contribution in [2.75, 3.05) is 26.7 Å². The van der Waals surface area contributed by atoms with Crippen LogP contribution in [0.25, 0.3) is 0 Å². The molecule has 0 aromatic carbocycles. The fourth-order valence-corrected chi connectivity index (χ4v) is 1.89. The molecule has 0 radical (unpaired) electrons. The minimum Gasteiger partial charge on any atom is -0.317 e. The van der Waals surface area contributed by atoms with Crippen molar-refractivity contribution in [1.29, 1.82) is 0 Å². The first-order valence-electron chi connectivity index (χ1n) is 6.08. The van der Waals surface area contributed by atoms with Crippen LogP contribution in [0.2, 0.25) is 0 Å². The minimum absolute atomic E-state index is 0.176. The average molecular weight is 254 g/mol. The molecule has 0 aromatic heterocycles. The van der Waals surface area contributed by atoms with Gasteiger partial charge in [0.25, 0.3) is 0 Å². The van der Waals surface area contributed by atoms with E-state index in [0.29, 0.717) is 13.1 Å². The van der Waals surface area contributed by atoms with Crippen LogP contribution in [0.5, 0.6) is 0 Å². The Balaban J connectivity index is 4.53. The Hall–Kier alpha value is -0.290. The highest BCUT2D eigenvalue weighted by Gasteiger charge is 2.34. The highest BCUT2D eigenvalue weighted by atomic mass is 19.4. The third kappa shape index (κ3) is 6.88. The molecule has 1 atom stereocenters. The zero-order chi connectivity index (χ0) is 13.7. The molecular weight excluding hydrogens is 229 g/mol. The van der Waals surface area contributed by atoms with Crippen LogP contribution in [0, 0.1) is 5.41 Å². The third-order valence-electron chi connectivity index (χ3n) is 3.18. The maximum atomic E-state index is 12.4. The second-order valence-electron chi connectivity index (χ2n) is 5.32. The minimum atomic E-state index is -4.12. The van der Waals surface area contributed by atoms with E-state index in [4.69, 9.17) is 0 Å². The fraction of sp³-hybridized carbons (Fsp3) is 1.00. The molecule has 1 unspecified atom stereocenters. The van der Waals surface area contributed by atoms with Crippen molar-refractivity contribution in [2.24, 2.45) is 5.41 Å². The predicted octanol–water partition coefficient (Wildman–Crippen LogP) is 2.89. The lowest BCUT2D eigenvalue weighted by molar-refractivity contribution is -0.149. The Labute approximate surface area is 103 Å². The zero-order valence-corrected chi connectivity index (χ0v) is 11.5. The molecule has 0 saturated heterocycles. The highest BCUT2D eigenvalue weighted by molar-refractivity contribution is 4.83. The molecule has 5 heteroatoms. The standard InChI is InChI=1S/C12H25F3N2/c1-6-7-17(9-12(13,14)15)8-11(3,4)10(2)16-5/h10,16H,6-9H2,1-5H3. The normalized spacial score (nSPS) is 15.4. The lowest BCUT2D eigenvalue weighted by Crippen LogP contribution is -2.48. The Morgan fingerprint density at radius 1 is 1.18 bits per heavy atom.